The van der Waals surface area contributed by atoms with Crippen LogP contribution in [-0.4, -0.2) is 30.6 Å². The molecule has 6 nitrogen and oxygen atoms in total. The van der Waals surface area contributed by atoms with Gasteiger partial charge in [-0.1, -0.05) is 6.07 Å². The van der Waals surface area contributed by atoms with Gasteiger partial charge in [-0.05, 0) is 31.2 Å². The molecule has 0 unspecified atom stereocenters. The van der Waals surface area contributed by atoms with E-state index in [2.05, 4.69) is 15.1 Å². The van der Waals surface area contributed by atoms with Crippen molar-refractivity contribution in [3.05, 3.63) is 60.0 Å². The number of pyridine rings is 2. The lowest BCUT2D eigenvalue weighted by atomic mass is 10.0. The summed E-state index contributed by atoms with van der Waals surface area (Å²) in [7, 11) is 0. The highest BCUT2D eigenvalue weighted by atomic mass is 16.3. The Kier molecular flexibility index (Phi) is 3.65. The maximum absolute atomic E-state index is 12.7. The summed E-state index contributed by atoms with van der Waals surface area (Å²) in [6, 6.07) is 8.67. The molecule has 0 radical (unpaired) electrons. The molecule has 3 rings (SSSR count). The van der Waals surface area contributed by atoms with Crippen LogP contribution in [0.1, 0.15) is 22.8 Å². The molecule has 22 heavy (non-hydrogen) atoms. The van der Waals surface area contributed by atoms with Crippen LogP contribution in [-0.2, 0) is 6.54 Å². The summed E-state index contributed by atoms with van der Waals surface area (Å²) in [5, 5.41) is 14.6. The average Bonchev–Trinajstić information content (AvgIpc) is 2.92. The third kappa shape index (κ3) is 2.35. The van der Waals surface area contributed by atoms with Crippen LogP contribution in [0.25, 0.3) is 11.4 Å². The number of carbonyl (C=O) groups is 1. The highest BCUT2D eigenvalue weighted by Gasteiger charge is 2.25. The van der Waals surface area contributed by atoms with Gasteiger partial charge in [0, 0.05) is 30.7 Å². The number of aromatic nitrogens is 4. The summed E-state index contributed by atoms with van der Waals surface area (Å²) in [6.07, 6.45) is 4.68. The van der Waals surface area contributed by atoms with E-state index in [0.29, 0.717) is 23.5 Å². The molecule has 3 aromatic rings. The number of aryl methyl sites for hydroxylation is 1. The number of ketones is 1. The van der Waals surface area contributed by atoms with Crippen molar-refractivity contribution in [2.24, 2.45) is 0 Å². The van der Waals surface area contributed by atoms with E-state index in [9.17, 15) is 9.90 Å². The summed E-state index contributed by atoms with van der Waals surface area (Å²) in [6.45, 7) is 2.29. The van der Waals surface area contributed by atoms with Crippen LogP contribution in [0, 0.1) is 0 Å². The quantitative estimate of drug-likeness (QED) is 0.747. The van der Waals surface area contributed by atoms with E-state index in [1.807, 2.05) is 13.0 Å². The van der Waals surface area contributed by atoms with E-state index in [0.717, 1.165) is 0 Å². The highest BCUT2D eigenvalue weighted by molar-refractivity contribution is 6.13. The Hall–Kier alpha value is -3.02. The van der Waals surface area contributed by atoms with Gasteiger partial charge >= 0.3 is 0 Å². The summed E-state index contributed by atoms with van der Waals surface area (Å²) >= 11 is 0. The van der Waals surface area contributed by atoms with Crippen LogP contribution in [0.4, 0.5) is 0 Å². The molecule has 110 valence electrons. The van der Waals surface area contributed by atoms with Crippen molar-refractivity contribution in [1.29, 1.82) is 0 Å². The van der Waals surface area contributed by atoms with Crippen LogP contribution in [0.5, 0.6) is 5.88 Å². The molecule has 0 aromatic carbocycles. The first kappa shape index (κ1) is 13.9. The molecular formula is C16H14N4O2. The maximum atomic E-state index is 12.7. The van der Waals surface area contributed by atoms with Gasteiger partial charge < -0.3 is 5.11 Å². The van der Waals surface area contributed by atoms with Gasteiger partial charge in [0.05, 0.1) is 5.69 Å². The zero-order chi connectivity index (χ0) is 15.5. The smallest absolute Gasteiger partial charge is 0.221 e. The van der Waals surface area contributed by atoms with Gasteiger partial charge in [-0.15, -0.1) is 0 Å². The second kappa shape index (κ2) is 5.77. The van der Waals surface area contributed by atoms with Crippen molar-refractivity contribution in [3.8, 4) is 17.3 Å². The van der Waals surface area contributed by atoms with Crippen LogP contribution >= 0.6 is 0 Å². The van der Waals surface area contributed by atoms with E-state index in [-0.39, 0.29) is 17.2 Å². The van der Waals surface area contributed by atoms with E-state index >= 15 is 0 Å². The van der Waals surface area contributed by atoms with E-state index < -0.39 is 0 Å². The molecule has 0 spiro atoms. The largest absolute Gasteiger partial charge is 0.493 e. The monoisotopic (exact) mass is 294 g/mol. The molecule has 3 heterocycles. The molecule has 1 N–H and O–H groups in total. The molecule has 0 atom stereocenters. The van der Waals surface area contributed by atoms with E-state index in [4.69, 9.17) is 0 Å². The Labute approximate surface area is 127 Å². The molecule has 0 saturated heterocycles. The fraction of sp³-hybridized carbons (Fsp3) is 0.125. The minimum atomic E-state index is -0.328. The first-order chi connectivity index (χ1) is 10.7. The molecule has 0 amide bonds. The Morgan fingerprint density at radius 2 is 2.09 bits per heavy atom. The number of rotatable bonds is 4. The number of hydrogen-bond acceptors (Lipinski definition) is 5. The lowest BCUT2D eigenvalue weighted by Gasteiger charge is -2.02. The first-order valence-corrected chi connectivity index (χ1v) is 6.88. The summed E-state index contributed by atoms with van der Waals surface area (Å²) < 4.78 is 1.38. The fourth-order valence-corrected chi connectivity index (χ4v) is 2.21. The summed E-state index contributed by atoms with van der Waals surface area (Å²) in [4.78, 5) is 20.9. The standard InChI is InChI=1S/C16H14N4O2/c1-2-20-16(22)13(15(21)11-6-5-8-17-10-11)14(19-20)12-7-3-4-9-18-12/h3-10,22H,2H2,1H3. The SMILES string of the molecule is CCn1nc(-c2ccccn2)c(C(=O)c2cccnc2)c1O. The molecule has 0 aliphatic heterocycles. The molecule has 0 aliphatic rings. The lowest BCUT2D eigenvalue weighted by molar-refractivity contribution is 0.103. The summed E-state index contributed by atoms with van der Waals surface area (Å²) in [5.41, 5.74) is 1.45. The second-order valence-electron chi connectivity index (χ2n) is 4.65. The van der Waals surface area contributed by atoms with E-state index in [1.165, 1.54) is 10.9 Å². The summed E-state index contributed by atoms with van der Waals surface area (Å²) in [5.74, 6) is -0.483. The van der Waals surface area contributed by atoms with Crippen molar-refractivity contribution in [3.63, 3.8) is 0 Å². The van der Waals surface area contributed by atoms with Crippen LogP contribution in [0.3, 0.4) is 0 Å². The second-order valence-corrected chi connectivity index (χ2v) is 4.65. The first-order valence-electron chi connectivity index (χ1n) is 6.88. The maximum Gasteiger partial charge on any atom is 0.221 e. The molecule has 0 aliphatic carbocycles. The van der Waals surface area contributed by atoms with E-state index in [1.54, 1.807) is 36.7 Å². The van der Waals surface area contributed by atoms with Gasteiger partial charge in [0.25, 0.3) is 0 Å². The molecule has 6 heteroatoms. The Balaban J connectivity index is 2.18. The Bertz CT molecular complexity index is 798. The number of carbonyl (C=O) groups excluding carboxylic acids is 1. The lowest BCUT2D eigenvalue weighted by Crippen LogP contribution is -2.03. The fourth-order valence-electron chi connectivity index (χ4n) is 2.21. The predicted molar refractivity (Wildman–Crippen MR) is 80.5 cm³/mol. The zero-order valence-electron chi connectivity index (χ0n) is 12.0. The minimum Gasteiger partial charge on any atom is -0.493 e. The van der Waals surface area contributed by atoms with Crippen molar-refractivity contribution in [2.45, 2.75) is 13.5 Å². The molecule has 0 fully saturated rings. The molecule has 3 aromatic heterocycles. The van der Waals surface area contributed by atoms with Gasteiger partial charge in [-0.3, -0.25) is 14.8 Å². The van der Waals surface area contributed by atoms with Gasteiger partial charge in [0.2, 0.25) is 11.7 Å². The van der Waals surface area contributed by atoms with Crippen molar-refractivity contribution < 1.29 is 9.90 Å². The molecule has 0 bridgehead atoms. The minimum absolute atomic E-state index is 0.147. The number of aromatic hydroxyl groups is 1. The van der Waals surface area contributed by atoms with Gasteiger partial charge in [0.1, 0.15) is 11.3 Å². The molecular weight excluding hydrogens is 280 g/mol. The predicted octanol–water partition coefficient (Wildman–Crippen LogP) is 2.30. The number of nitrogens with zero attached hydrogens (tertiary/aromatic N) is 4. The van der Waals surface area contributed by atoms with Crippen molar-refractivity contribution >= 4 is 5.78 Å². The van der Waals surface area contributed by atoms with Gasteiger partial charge in [-0.2, -0.15) is 5.10 Å². The Morgan fingerprint density at radius 1 is 1.23 bits per heavy atom. The Morgan fingerprint density at radius 3 is 2.73 bits per heavy atom. The topological polar surface area (TPSA) is 80.9 Å². The van der Waals surface area contributed by atoms with Crippen molar-refractivity contribution in [2.75, 3.05) is 0 Å². The highest BCUT2D eigenvalue weighted by Crippen LogP contribution is 2.30. The normalized spacial score (nSPS) is 10.6. The van der Waals surface area contributed by atoms with Gasteiger partial charge in [-0.25, -0.2) is 4.68 Å². The number of hydrogen-bond donors (Lipinski definition) is 1. The van der Waals surface area contributed by atoms with Gasteiger partial charge in [0.15, 0.2) is 0 Å². The third-order valence-corrected chi connectivity index (χ3v) is 3.28. The third-order valence-electron chi connectivity index (χ3n) is 3.28. The van der Waals surface area contributed by atoms with Crippen molar-refractivity contribution in [1.82, 2.24) is 19.7 Å². The van der Waals surface area contributed by atoms with Crippen LogP contribution in [0.2, 0.25) is 0 Å². The van der Waals surface area contributed by atoms with Crippen LogP contribution in [0.15, 0.2) is 48.9 Å². The average molecular weight is 294 g/mol. The van der Waals surface area contributed by atoms with Crippen LogP contribution < -0.4 is 0 Å². The molecule has 0 saturated carbocycles. The zero-order valence-corrected chi connectivity index (χ0v) is 12.0.